The normalized spacial score (nSPS) is 18.8. The molecule has 1 aromatic carbocycles. The molecule has 1 saturated heterocycles. The summed E-state index contributed by atoms with van der Waals surface area (Å²) in [5.74, 6) is 2.15. The minimum atomic E-state index is -0.110. The maximum atomic E-state index is 12.7. The second kappa shape index (κ2) is 10.0. The van der Waals surface area contributed by atoms with Crippen molar-refractivity contribution in [1.82, 2.24) is 14.9 Å². The van der Waals surface area contributed by atoms with Gasteiger partial charge in [-0.05, 0) is 58.8 Å². The molecule has 9 heteroatoms. The van der Waals surface area contributed by atoms with Crippen molar-refractivity contribution in [2.45, 2.75) is 32.7 Å². The summed E-state index contributed by atoms with van der Waals surface area (Å²) in [6.45, 7) is 6.41. The third-order valence-corrected chi connectivity index (χ3v) is 8.07. The van der Waals surface area contributed by atoms with Crippen LogP contribution in [-0.4, -0.2) is 53.6 Å². The number of thiophene rings is 1. The summed E-state index contributed by atoms with van der Waals surface area (Å²) in [6, 6.07) is 7.61. The second-order valence-corrected chi connectivity index (χ2v) is 10.7. The van der Waals surface area contributed by atoms with Gasteiger partial charge < -0.3 is 15.4 Å². The van der Waals surface area contributed by atoms with Crippen LogP contribution in [0.5, 0.6) is 0 Å². The van der Waals surface area contributed by atoms with Crippen LogP contribution in [0.4, 0.5) is 11.5 Å². The molecule has 0 radical (unpaired) electrons. The van der Waals surface area contributed by atoms with Crippen molar-refractivity contribution in [3.8, 4) is 0 Å². The minimum Gasteiger partial charge on any atom is -0.379 e. The number of hydrogen-bond acceptors (Lipinski definition) is 7. The molecule has 2 N–H and O–H groups in total. The predicted molar refractivity (Wildman–Crippen MR) is 136 cm³/mol. The number of carbonyl (C=O) groups is 1. The standard InChI is InChI=1S/C24H28BrN5O2S/c1-15-6-7-16-19(12-15)33-24-22(16)23(28-20(29-24)14-30-8-10-32-11-9-30)26-13-21(31)27-18-5-3-2-4-17(18)25/h2-5,15H,6-14H2,1H3,(H,27,31)(H,26,28,29)/t15-/m0/s1. The van der Waals surface area contributed by atoms with Crippen molar-refractivity contribution in [1.29, 1.82) is 0 Å². The lowest BCUT2D eigenvalue weighted by atomic mass is 9.89. The van der Waals surface area contributed by atoms with Gasteiger partial charge in [0.1, 0.15) is 16.5 Å². The number of aryl methyl sites for hydroxylation is 1. The van der Waals surface area contributed by atoms with E-state index in [2.05, 4.69) is 38.4 Å². The Hall–Kier alpha value is -2.07. The Labute approximate surface area is 206 Å². The van der Waals surface area contributed by atoms with E-state index in [4.69, 9.17) is 14.7 Å². The fourth-order valence-corrected chi connectivity index (χ4v) is 6.25. The Kier molecular flexibility index (Phi) is 6.91. The van der Waals surface area contributed by atoms with Crippen molar-refractivity contribution in [3.05, 3.63) is 45.0 Å². The number of rotatable bonds is 6. The van der Waals surface area contributed by atoms with Crippen molar-refractivity contribution < 1.29 is 9.53 Å². The molecule has 0 saturated carbocycles. The highest BCUT2D eigenvalue weighted by Gasteiger charge is 2.25. The number of nitrogens with zero attached hydrogens (tertiary/aromatic N) is 3. The Morgan fingerprint density at radius 1 is 1.27 bits per heavy atom. The van der Waals surface area contributed by atoms with Crippen LogP contribution in [0.25, 0.3) is 10.2 Å². The molecule has 1 fully saturated rings. The molecule has 0 spiro atoms. The number of amides is 1. The zero-order chi connectivity index (χ0) is 22.8. The average molecular weight is 530 g/mol. The van der Waals surface area contributed by atoms with Crippen LogP contribution in [0.3, 0.4) is 0 Å². The van der Waals surface area contributed by atoms with E-state index in [1.807, 2.05) is 24.3 Å². The zero-order valence-electron chi connectivity index (χ0n) is 18.7. The predicted octanol–water partition coefficient (Wildman–Crippen LogP) is 4.46. The Morgan fingerprint density at radius 2 is 2.09 bits per heavy atom. The molecule has 174 valence electrons. The molecule has 3 heterocycles. The molecule has 0 unspecified atom stereocenters. The van der Waals surface area contributed by atoms with Crippen molar-refractivity contribution in [2.24, 2.45) is 5.92 Å². The van der Waals surface area contributed by atoms with E-state index >= 15 is 0 Å². The number of fused-ring (bicyclic) bond motifs is 3. The Bertz CT molecular complexity index is 1160. The van der Waals surface area contributed by atoms with Gasteiger partial charge in [-0.2, -0.15) is 0 Å². The molecule has 0 bridgehead atoms. The summed E-state index contributed by atoms with van der Waals surface area (Å²) in [7, 11) is 0. The van der Waals surface area contributed by atoms with Gasteiger partial charge in [-0.3, -0.25) is 9.69 Å². The highest BCUT2D eigenvalue weighted by Crippen LogP contribution is 2.40. The van der Waals surface area contributed by atoms with Crippen molar-refractivity contribution in [2.75, 3.05) is 43.5 Å². The summed E-state index contributed by atoms with van der Waals surface area (Å²) >= 11 is 5.27. The summed E-state index contributed by atoms with van der Waals surface area (Å²) in [5, 5.41) is 7.40. The smallest absolute Gasteiger partial charge is 0.243 e. The van der Waals surface area contributed by atoms with Gasteiger partial charge in [0, 0.05) is 22.4 Å². The number of halogens is 1. The first-order valence-corrected chi connectivity index (χ1v) is 13.1. The number of para-hydroxylation sites is 1. The maximum absolute atomic E-state index is 12.7. The van der Waals surface area contributed by atoms with Crippen LogP contribution in [-0.2, 0) is 28.9 Å². The summed E-state index contributed by atoms with van der Waals surface area (Å²) < 4.78 is 6.34. The van der Waals surface area contributed by atoms with E-state index < -0.39 is 0 Å². The first kappa shape index (κ1) is 22.7. The van der Waals surface area contributed by atoms with Crippen molar-refractivity contribution in [3.63, 3.8) is 0 Å². The van der Waals surface area contributed by atoms with Crippen LogP contribution < -0.4 is 10.6 Å². The summed E-state index contributed by atoms with van der Waals surface area (Å²) in [5.41, 5.74) is 2.12. The highest BCUT2D eigenvalue weighted by molar-refractivity contribution is 9.10. The largest absolute Gasteiger partial charge is 0.379 e. The van der Waals surface area contributed by atoms with Crippen LogP contribution in [0, 0.1) is 5.92 Å². The first-order valence-electron chi connectivity index (χ1n) is 11.5. The zero-order valence-corrected chi connectivity index (χ0v) is 21.1. The molecule has 33 heavy (non-hydrogen) atoms. The number of ether oxygens (including phenoxy) is 1. The third-order valence-electron chi connectivity index (χ3n) is 6.23. The fraction of sp³-hybridized carbons (Fsp3) is 0.458. The lowest BCUT2D eigenvalue weighted by Crippen LogP contribution is -2.36. The van der Waals surface area contributed by atoms with Crippen LogP contribution in [0.2, 0.25) is 0 Å². The van der Waals surface area contributed by atoms with Gasteiger partial charge in [-0.1, -0.05) is 19.1 Å². The third kappa shape index (κ3) is 5.21. The van der Waals surface area contributed by atoms with Gasteiger partial charge in [0.2, 0.25) is 5.91 Å². The van der Waals surface area contributed by atoms with E-state index in [1.165, 1.54) is 16.9 Å². The van der Waals surface area contributed by atoms with Crippen LogP contribution in [0.15, 0.2) is 28.7 Å². The second-order valence-electron chi connectivity index (χ2n) is 8.79. The molecular weight excluding hydrogens is 502 g/mol. The molecular formula is C24H28BrN5O2S. The molecule has 1 aliphatic carbocycles. The minimum absolute atomic E-state index is 0.110. The molecule has 1 aliphatic heterocycles. The maximum Gasteiger partial charge on any atom is 0.243 e. The Morgan fingerprint density at radius 3 is 2.91 bits per heavy atom. The molecule has 5 rings (SSSR count). The first-order chi connectivity index (χ1) is 16.1. The highest BCUT2D eigenvalue weighted by atomic mass is 79.9. The number of hydrogen-bond donors (Lipinski definition) is 2. The van der Waals surface area contributed by atoms with E-state index in [1.54, 1.807) is 11.3 Å². The number of aromatic nitrogens is 2. The summed E-state index contributed by atoms with van der Waals surface area (Å²) in [6.07, 6.45) is 3.31. The number of benzene rings is 1. The van der Waals surface area contributed by atoms with Gasteiger partial charge in [0.15, 0.2) is 0 Å². The van der Waals surface area contributed by atoms with Gasteiger partial charge in [0.05, 0.1) is 37.4 Å². The molecule has 2 aliphatic rings. The fourth-order valence-electron chi connectivity index (χ4n) is 4.47. The topological polar surface area (TPSA) is 79.4 Å². The number of nitrogens with one attached hydrogen (secondary N) is 2. The van der Waals surface area contributed by atoms with E-state index in [-0.39, 0.29) is 12.5 Å². The lowest BCUT2D eigenvalue weighted by Gasteiger charge is -2.26. The molecule has 1 atom stereocenters. The SMILES string of the molecule is C[C@H]1CCc2c(sc3nc(CN4CCOCC4)nc(NCC(=O)Nc4ccccc4Br)c23)C1. The van der Waals surface area contributed by atoms with E-state index in [0.29, 0.717) is 12.5 Å². The van der Waals surface area contributed by atoms with Crippen LogP contribution >= 0.6 is 27.3 Å². The van der Waals surface area contributed by atoms with Gasteiger partial charge in [-0.25, -0.2) is 9.97 Å². The number of anilines is 2. The monoisotopic (exact) mass is 529 g/mol. The number of carbonyl (C=O) groups excluding carboxylic acids is 1. The van der Waals surface area contributed by atoms with Crippen LogP contribution in [0.1, 0.15) is 29.6 Å². The molecule has 2 aromatic heterocycles. The van der Waals surface area contributed by atoms with Gasteiger partial charge >= 0.3 is 0 Å². The number of morpholine rings is 1. The molecule has 7 nitrogen and oxygen atoms in total. The van der Waals surface area contributed by atoms with Gasteiger partial charge in [0.25, 0.3) is 0 Å². The van der Waals surface area contributed by atoms with Gasteiger partial charge in [-0.15, -0.1) is 11.3 Å². The molecule has 1 amide bonds. The average Bonchev–Trinajstić information content (AvgIpc) is 3.17. The Balaban J connectivity index is 1.40. The van der Waals surface area contributed by atoms with Crippen molar-refractivity contribution >= 4 is 54.9 Å². The lowest BCUT2D eigenvalue weighted by molar-refractivity contribution is -0.114. The quantitative estimate of drug-likeness (QED) is 0.490. The van der Waals surface area contributed by atoms with E-state index in [0.717, 1.165) is 71.2 Å². The molecule has 3 aromatic rings. The van der Waals surface area contributed by atoms with E-state index in [9.17, 15) is 4.79 Å². The summed E-state index contributed by atoms with van der Waals surface area (Å²) in [4.78, 5) is 27.3.